The predicted octanol–water partition coefficient (Wildman–Crippen LogP) is 1.77. The Morgan fingerprint density at radius 1 is 1.00 bits per heavy atom. The normalized spacial score (nSPS) is 45.9. The molecule has 58 valence electrons. The van der Waals surface area contributed by atoms with Gasteiger partial charge in [-0.05, 0) is 56.4 Å². The maximum atomic E-state index is 5.64. The van der Waals surface area contributed by atoms with Crippen molar-refractivity contribution >= 4 is 0 Å². The molecule has 0 saturated heterocycles. The van der Waals surface area contributed by atoms with Gasteiger partial charge in [-0.2, -0.15) is 0 Å². The minimum Gasteiger partial charge on any atom is -0.330 e. The first-order valence-electron chi connectivity index (χ1n) is 4.60. The Labute approximate surface area is 63.0 Å². The van der Waals surface area contributed by atoms with Crippen molar-refractivity contribution in [2.24, 2.45) is 23.5 Å². The highest BCUT2D eigenvalue weighted by Gasteiger charge is 2.35. The van der Waals surface area contributed by atoms with Crippen molar-refractivity contribution in [3.05, 3.63) is 0 Å². The van der Waals surface area contributed by atoms with Crippen LogP contribution in [0, 0.1) is 17.8 Å². The van der Waals surface area contributed by atoms with Gasteiger partial charge in [0.05, 0.1) is 0 Å². The lowest BCUT2D eigenvalue weighted by molar-refractivity contribution is 0.0824. The van der Waals surface area contributed by atoms with Crippen LogP contribution in [-0.2, 0) is 0 Å². The van der Waals surface area contributed by atoms with Crippen LogP contribution in [0.1, 0.15) is 32.1 Å². The van der Waals surface area contributed by atoms with Crippen LogP contribution in [0.25, 0.3) is 0 Å². The summed E-state index contributed by atoms with van der Waals surface area (Å²) < 4.78 is 0. The van der Waals surface area contributed by atoms with Crippen molar-refractivity contribution in [3.8, 4) is 0 Å². The average Bonchev–Trinajstić information content (AvgIpc) is 1.92. The van der Waals surface area contributed by atoms with Crippen molar-refractivity contribution in [2.75, 3.05) is 6.54 Å². The number of fused-ring (bicyclic) bond motifs is 1. The Morgan fingerprint density at radius 3 is 2.20 bits per heavy atom. The molecule has 0 aliphatic heterocycles. The molecule has 2 saturated carbocycles. The second-order valence-corrected chi connectivity index (χ2v) is 4.01. The van der Waals surface area contributed by atoms with Gasteiger partial charge in [-0.3, -0.25) is 0 Å². The largest absolute Gasteiger partial charge is 0.330 e. The Morgan fingerprint density at radius 2 is 1.70 bits per heavy atom. The molecule has 2 rings (SSSR count). The first-order chi connectivity index (χ1) is 4.90. The lowest BCUT2D eigenvalue weighted by Crippen LogP contribution is -2.35. The monoisotopic (exact) mass is 139 g/mol. The molecule has 2 N–H and O–H groups in total. The van der Waals surface area contributed by atoms with Crippen LogP contribution < -0.4 is 5.73 Å². The van der Waals surface area contributed by atoms with Crippen molar-refractivity contribution in [2.45, 2.75) is 32.1 Å². The summed E-state index contributed by atoms with van der Waals surface area (Å²) >= 11 is 0. The quantitative estimate of drug-likeness (QED) is 0.588. The third-order valence-electron chi connectivity index (χ3n) is 3.49. The van der Waals surface area contributed by atoms with Crippen LogP contribution in [0.4, 0.5) is 0 Å². The van der Waals surface area contributed by atoms with Gasteiger partial charge in [0.15, 0.2) is 0 Å². The fraction of sp³-hybridized carbons (Fsp3) is 1.00. The van der Waals surface area contributed by atoms with Crippen molar-refractivity contribution < 1.29 is 0 Å². The van der Waals surface area contributed by atoms with Gasteiger partial charge in [-0.25, -0.2) is 0 Å². The molecule has 2 aliphatic carbocycles. The molecule has 3 unspecified atom stereocenters. The molecule has 2 aliphatic rings. The molecule has 0 spiro atoms. The third-order valence-corrected chi connectivity index (χ3v) is 3.49. The summed E-state index contributed by atoms with van der Waals surface area (Å²) in [5, 5.41) is 0. The van der Waals surface area contributed by atoms with Gasteiger partial charge in [0.2, 0.25) is 0 Å². The van der Waals surface area contributed by atoms with Crippen LogP contribution in [-0.4, -0.2) is 6.54 Å². The zero-order valence-corrected chi connectivity index (χ0v) is 6.55. The van der Waals surface area contributed by atoms with E-state index in [0.717, 1.165) is 24.3 Å². The van der Waals surface area contributed by atoms with E-state index in [1.807, 2.05) is 0 Å². The predicted molar refractivity (Wildman–Crippen MR) is 42.6 cm³/mol. The van der Waals surface area contributed by atoms with E-state index in [1.54, 1.807) is 0 Å². The van der Waals surface area contributed by atoms with E-state index >= 15 is 0 Å². The van der Waals surface area contributed by atoms with E-state index in [1.165, 1.54) is 32.1 Å². The number of hydrogen-bond donors (Lipinski definition) is 1. The molecule has 2 fully saturated rings. The second-order valence-electron chi connectivity index (χ2n) is 4.01. The number of hydrogen-bond acceptors (Lipinski definition) is 1. The van der Waals surface area contributed by atoms with Gasteiger partial charge in [-0.1, -0.05) is 0 Å². The fourth-order valence-electron chi connectivity index (χ4n) is 2.54. The highest BCUT2D eigenvalue weighted by Crippen LogP contribution is 2.46. The molecule has 0 radical (unpaired) electrons. The molecule has 10 heavy (non-hydrogen) atoms. The summed E-state index contributed by atoms with van der Waals surface area (Å²) in [5.41, 5.74) is 5.64. The smallest absolute Gasteiger partial charge is 0.00488 e. The van der Waals surface area contributed by atoms with E-state index < -0.39 is 0 Å². The zero-order valence-electron chi connectivity index (χ0n) is 6.55. The van der Waals surface area contributed by atoms with Crippen LogP contribution in [0.3, 0.4) is 0 Å². The maximum Gasteiger partial charge on any atom is -0.00488 e. The maximum absolute atomic E-state index is 5.64. The van der Waals surface area contributed by atoms with Crippen molar-refractivity contribution in [3.63, 3.8) is 0 Å². The molecular weight excluding hydrogens is 122 g/mol. The zero-order chi connectivity index (χ0) is 6.97. The van der Waals surface area contributed by atoms with E-state index in [0.29, 0.717) is 0 Å². The molecule has 0 heterocycles. The molecule has 0 aromatic carbocycles. The summed E-state index contributed by atoms with van der Waals surface area (Å²) in [6.07, 6.45) is 7.36. The molecule has 0 aromatic rings. The summed E-state index contributed by atoms with van der Waals surface area (Å²) in [6.45, 7) is 0.934. The number of nitrogens with two attached hydrogens (primary N) is 1. The van der Waals surface area contributed by atoms with Crippen LogP contribution >= 0.6 is 0 Å². The Balaban J connectivity index is 1.86. The summed E-state index contributed by atoms with van der Waals surface area (Å²) in [6, 6.07) is 0. The second kappa shape index (κ2) is 2.54. The molecule has 0 aromatic heterocycles. The SMILES string of the molecule is NCC1CCC2CCC2C1. The lowest BCUT2D eigenvalue weighted by atomic mass is 9.63. The van der Waals surface area contributed by atoms with Gasteiger partial charge >= 0.3 is 0 Å². The average molecular weight is 139 g/mol. The minimum atomic E-state index is 0.876. The summed E-state index contributed by atoms with van der Waals surface area (Å²) in [7, 11) is 0. The van der Waals surface area contributed by atoms with Crippen molar-refractivity contribution in [1.82, 2.24) is 0 Å². The van der Waals surface area contributed by atoms with Crippen LogP contribution in [0.5, 0.6) is 0 Å². The Kier molecular flexibility index (Phi) is 1.69. The van der Waals surface area contributed by atoms with Crippen LogP contribution in [0.15, 0.2) is 0 Å². The standard InChI is InChI=1S/C9H17N/c10-6-7-1-2-8-3-4-9(8)5-7/h7-9H,1-6,10H2. The van der Waals surface area contributed by atoms with Gasteiger partial charge < -0.3 is 5.73 Å². The van der Waals surface area contributed by atoms with Gasteiger partial charge in [0, 0.05) is 0 Å². The minimum absolute atomic E-state index is 0.876. The Hall–Kier alpha value is -0.0400. The summed E-state index contributed by atoms with van der Waals surface area (Å²) in [4.78, 5) is 0. The topological polar surface area (TPSA) is 26.0 Å². The van der Waals surface area contributed by atoms with Gasteiger partial charge in [-0.15, -0.1) is 0 Å². The third kappa shape index (κ3) is 0.968. The fourth-order valence-corrected chi connectivity index (χ4v) is 2.54. The molecule has 1 nitrogen and oxygen atoms in total. The Bertz CT molecular complexity index is 120. The highest BCUT2D eigenvalue weighted by molar-refractivity contribution is 4.87. The molecule has 3 atom stereocenters. The van der Waals surface area contributed by atoms with E-state index in [4.69, 9.17) is 5.73 Å². The number of rotatable bonds is 1. The molecule has 1 heteroatoms. The summed E-state index contributed by atoms with van der Waals surface area (Å²) in [5.74, 6) is 3.08. The lowest BCUT2D eigenvalue weighted by Gasteiger charge is -2.43. The van der Waals surface area contributed by atoms with Gasteiger partial charge in [0.1, 0.15) is 0 Å². The molecular formula is C9H17N. The van der Waals surface area contributed by atoms with E-state index in [2.05, 4.69) is 0 Å². The molecule has 0 bridgehead atoms. The van der Waals surface area contributed by atoms with Gasteiger partial charge in [0.25, 0.3) is 0 Å². The molecule has 0 amide bonds. The van der Waals surface area contributed by atoms with E-state index in [-0.39, 0.29) is 0 Å². The first-order valence-corrected chi connectivity index (χ1v) is 4.60. The highest BCUT2D eigenvalue weighted by atomic mass is 14.6. The first kappa shape index (κ1) is 6.66. The van der Waals surface area contributed by atoms with Crippen molar-refractivity contribution in [1.29, 1.82) is 0 Å². The van der Waals surface area contributed by atoms with E-state index in [9.17, 15) is 0 Å². The van der Waals surface area contributed by atoms with Crippen LogP contribution in [0.2, 0.25) is 0 Å².